The zero-order chi connectivity index (χ0) is 12.8. The van der Waals surface area contributed by atoms with E-state index < -0.39 is 0 Å². The van der Waals surface area contributed by atoms with Crippen molar-refractivity contribution in [2.75, 3.05) is 6.54 Å². The van der Waals surface area contributed by atoms with E-state index in [2.05, 4.69) is 12.2 Å². The van der Waals surface area contributed by atoms with E-state index in [0.717, 1.165) is 6.54 Å². The van der Waals surface area contributed by atoms with E-state index in [0.29, 0.717) is 17.3 Å². The van der Waals surface area contributed by atoms with Crippen LogP contribution < -0.4 is 11.1 Å². The SMILES string of the molecule is CC1(CNC(=O)C2C3CCC(C3)C2N)CCCC1.Cl. The highest BCUT2D eigenvalue weighted by molar-refractivity contribution is 5.85. The van der Waals surface area contributed by atoms with Crippen LogP contribution in [-0.2, 0) is 4.79 Å². The van der Waals surface area contributed by atoms with Crippen LogP contribution in [0.4, 0.5) is 0 Å². The molecule has 0 aromatic heterocycles. The zero-order valence-electron chi connectivity index (χ0n) is 11.9. The highest BCUT2D eigenvalue weighted by Crippen LogP contribution is 2.47. The summed E-state index contributed by atoms with van der Waals surface area (Å²) in [5, 5.41) is 3.20. The Hall–Kier alpha value is -0.280. The van der Waals surface area contributed by atoms with Crippen LogP contribution in [0.25, 0.3) is 0 Å². The molecule has 3 rings (SSSR count). The first-order valence-corrected chi connectivity index (χ1v) is 7.62. The van der Waals surface area contributed by atoms with E-state index in [4.69, 9.17) is 5.73 Å². The Bertz CT molecular complexity index is 339. The van der Waals surface area contributed by atoms with E-state index in [9.17, 15) is 4.79 Å². The maximum atomic E-state index is 12.4. The van der Waals surface area contributed by atoms with Crippen molar-refractivity contribution in [3.63, 3.8) is 0 Å². The number of nitrogens with two attached hydrogens (primary N) is 1. The second-order valence-electron chi connectivity index (χ2n) is 7.17. The predicted octanol–water partition coefficient (Wildman–Crippen LogP) is 2.48. The Labute approximate surface area is 122 Å². The van der Waals surface area contributed by atoms with Gasteiger partial charge >= 0.3 is 0 Å². The second kappa shape index (κ2) is 5.61. The summed E-state index contributed by atoms with van der Waals surface area (Å²) >= 11 is 0. The molecule has 4 unspecified atom stereocenters. The van der Waals surface area contributed by atoms with Gasteiger partial charge in [-0.25, -0.2) is 0 Å². The number of carbonyl (C=O) groups excluding carboxylic acids is 1. The van der Waals surface area contributed by atoms with Crippen molar-refractivity contribution in [2.45, 2.75) is 57.9 Å². The fraction of sp³-hybridized carbons (Fsp3) is 0.933. The fourth-order valence-electron chi connectivity index (χ4n) is 4.55. The molecule has 110 valence electrons. The van der Waals surface area contributed by atoms with Gasteiger partial charge in [-0.2, -0.15) is 0 Å². The van der Waals surface area contributed by atoms with Crippen LogP contribution in [0, 0.1) is 23.2 Å². The van der Waals surface area contributed by atoms with Crippen molar-refractivity contribution in [1.82, 2.24) is 5.32 Å². The molecule has 4 heteroatoms. The first kappa shape index (κ1) is 15.1. The Kier molecular flexibility index (Phi) is 4.46. The normalized spacial score (nSPS) is 39.1. The number of halogens is 1. The predicted molar refractivity (Wildman–Crippen MR) is 79.1 cm³/mol. The first-order valence-electron chi connectivity index (χ1n) is 7.62. The molecule has 3 aliphatic rings. The fourth-order valence-corrected chi connectivity index (χ4v) is 4.55. The van der Waals surface area contributed by atoms with E-state index in [1.807, 2.05) is 0 Å². The molecule has 3 saturated carbocycles. The van der Waals surface area contributed by atoms with Crippen molar-refractivity contribution in [3.8, 4) is 0 Å². The van der Waals surface area contributed by atoms with Crippen LogP contribution >= 0.6 is 12.4 Å². The molecule has 3 nitrogen and oxygen atoms in total. The van der Waals surface area contributed by atoms with Gasteiger partial charge in [-0.05, 0) is 49.4 Å². The molecule has 0 aliphatic heterocycles. The van der Waals surface area contributed by atoms with Crippen LogP contribution in [0.1, 0.15) is 51.9 Å². The molecule has 1 amide bonds. The standard InChI is InChI=1S/C15H26N2O.ClH/c1-15(6-2-3-7-15)9-17-14(18)12-10-4-5-11(8-10)13(12)16;/h10-13H,2-9,16H2,1H3,(H,17,18);1H. The summed E-state index contributed by atoms with van der Waals surface area (Å²) in [5.74, 6) is 1.53. The summed E-state index contributed by atoms with van der Waals surface area (Å²) in [6.07, 6.45) is 8.81. The number of rotatable bonds is 3. The topological polar surface area (TPSA) is 55.1 Å². The molecule has 4 atom stereocenters. The Morgan fingerprint density at radius 1 is 1.26 bits per heavy atom. The van der Waals surface area contributed by atoms with Gasteiger partial charge in [0.25, 0.3) is 0 Å². The Morgan fingerprint density at radius 2 is 1.89 bits per heavy atom. The lowest BCUT2D eigenvalue weighted by Gasteiger charge is -2.29. The molecule has 3 aliphatic carbocycles. The maximum absolute atomic E-state index is 12.4. The third kappa shape index (κ3) is 2.78. The van der Waals surface area contributed by atoms with E-state index in [-0.39, 0.29) is 30.3 Å². The van der Waals surface area contributed by atoms with Crippen LogP contribution in [0.5, 0.6) is 0 Å². The maximum Gasteiger partial charge on any atom is 0.224 e. The van der Waals surface area contributed by atoms with Gasteiger partial charge in [0.05, 0.1) is 5.92 Å². The minimum atomic E-state index is 0. The van der Waals surface area contributed by atoms with Gasteiger partial charge in [0.15, 0.2) is 0 Å². The largest absolute Gasteiger partial charge is 0.355 e. The van der Waals surface area contributed by atoms with Gasteiger partial charge in [0.1, 0.15) is 0 Å². The summed E-state index contributed by atoms with van der Waals surface area (Å²) in [6.45, 7) is 3.16. The van der Waals surface area contributed by atoms with E-state index in [1.54, 1.807) is 0 Å². The number of carbonyl (C=O) groups is 1. The lowest BCUT2D eigenvalue weighted by atomic mass is 9.83. The van der Waals surface area contributed by atoms with Crippen LogP contribution in [0.15, 0.2) is 0 Å². The second-order valence-corrected chi connectivity index (χ2v) is 7.17. The minimum absolute atomic E-state index is 0. The number of amides is 1. The van der Waals surface area contributed by atoms with Crippen LogP contribution in [0.3, 0.4) is 0 Å². The van der Waals surface area contributed by atoms with E-state index >= 15 is 0 Å². The summed E-state index contributed by atoms with van der Waals surface area (Å²) in [5.41, 5.74) is 6.57. The summed E-state index contributed by atoms with van der Waals surface area (Å²) in [7, 11) is 0. The number of nitrogens with one attached hydrogen (secondary N) is 1. The molecular formula is C15H27ClN2O. The Balaban J connectivity index is 0.00000133. The average molecular weight is 287 g/mol. The third-order valence-corrected chi connectivity index (χ3v) is 5.78. The van der Waals surface area contributed by atoms with Gasteiger partial charge in [-0.15, -0.1) is 12.4 Å². The highest BCUT2D eigenvalue weighted by atomic mass is 35.5. The monoisotopic (exact) mass is 286 g/mol. The molecule has 0 radical (unpaired) electrons. The van der Waals surface area contributed by atoms with Gasteiger partial charge in [-0.1, -0.05) is 19.8 Å². The van der Waals surface area contributed by atoms with Gasteiger partial charge < -0.3 is 11.1 Å². The molecule has 19 heavy (non-hydrogen) atoms. The lowest BCUT2D eigenvalue weighted by Crippen LogP contribution is -2.47. The van der Waals surface area contributed by atoms with E-state index in [1.165, 1.54) is 44.9 Å². The average Bonchev–Trinajstić information content (AvgIpc) is 3.02. The number of hydrogen-bond acceptors (Lipinski definition) is 2. The molecule has 0 aromatic rings. The molecule has 2 bridgehead atoms. The quantitative estimate of drug-likeness (QED) is 0.837. The lowest BCUT2D eigenvalue weighted by molar-refractivity contribution is -0.127. The van der Waals surface area contributed by atoms with Crippen molar-refractivity contribution in [1.29, 1.82) is 0 Å². The summed E-state index contributed by atoms with van der Waals surface area (Å²) < 4.78 is 0. The van der Waals surface area contributed by atoms with Crippen molar-refractivity contribution >= 4 is 18.3 Å². The molecular weight excluding hydrogens is 260 g/mol. The molecule has 0 saturated heterocycles. The molecule has 0 heterocycles. The smallest absolute Gasteiger partial charge is 0.224 e. The number of fused-ring (bicyclic) bond motifs is 2. The third-order valence-electron chi connectivity index (χ3n) is 5.78. The molecule has 0 aromatic carbocycles. The molecule has 3 fully saturated rings. The summed E-state index contributed by atoms with van der Waals surface area (Å²) in [6, 6.07) is 0.125. The van der Waals surface area contributed by atoms with Gasteiger partial charge in [-0.3, -0.25) is 4.79 Å². The Morgan fingerprint density at radius 3 is 2.47 bits per heavy atom. The van der Waals surface area contributed by atoms with Crippen molar-refractivity contribution in [2.24, 2.45) is 28.9 Å². The summed E-state index contributed by atoms with van der Waals surface area (Å²) in [4.78, 5) is 12.4. The van der Waals surface area contributed by atoms with Crippen LogP contribution in [-0.4, -0.2) is 18.5 Å². The van der Waals surface area contributed by atoms with Crippen molar-refractivity contribution in [3.05, 3.63) is 0 Å². The van der Waals surface area contributed by atoms with Gasteiger partial charge in [0, 0.05) is 12.6 Å². The molecule has 3 N–H and O–H groups in total. The molecule has 0 spiro atoms. The van der Waals surface area contributed by atoms with Crippen LogP contribution in [0.2, 0.25) is 0 Å². The number of hydrogen-bond donors (Lipinski definition) is 2. The highest BCUT2D eigenvalue weighted by Gasteiger charge is 2.49. The minimum Gasteiger partial charge on any atom is -0.355 e. The van der Waals surface area contributed by atoms with Crippen molar-refractivity contribution < 1.29 is 4.79 Å². The zero-order valence-corrected chi connectivity index (χ0v) is 12.7. The first-order chi connectivity index (χ1) is 8.59. The van der Waals surface area contributed by atoms with Gasteiger partial charge in [0.2, 0.25) is 5.91 Å².